The molecule has 1 heterocycles. The second kappa shape index (κ2) is 5.26. The quantitative estimate of drug-likeness (QED) is 0.752. The van der Waals surface area contributed by atoms with Gasteiger partial charge in [0, 0.05) is 12.5 Å². The maximum absolute atomic E-state index is 5.72. The van der Waals surface area contributed by atoms with Crippen LogP contribution in [0.4, 0.5) is 0 Å². The summed E-state index contributed by atoms with van der Waals surface area (Å²) < 4.78 is 0. The van der Waals surface area contributed by atoms with Crippen molar-refractivity contribution in [2.45, 2.75) is 40.0 Å². The minimum Gasteiger partial charge on any atom is -0.393 e. The van der Waals surface area contributed by atoms with Crippen molar-refractivity contribution in [2.24, 2.45) is 17.1 Å². The molecule has 3 heteroatoms. The fraction of sp³-hybridized carbons (Fsp3) is 0.917. The van der Waals surface area contributed by atoms with Crippen LogP contribution in [0.3, 0.4) is 0 Å². The summed E-state index contributed by atoms with van der Waals surface area (Å²) >= 11 is 5.08. The van der Waals surface area contributed by atoms with Gasteiger partial charge in [-0.25, -0.2) is 0 Å². The number of nitrogens with two attached hydrogens (primary N) is 1. The Labute approximate surface area is 99.2 Å². The monoisotopic (exact) mass is 228 g/mol. The predicted molar refractivity (Wildman–Crippen MR) is 70.0 cm³/mol. The summed E-state index contributed by atoms with van der Waals surface area (Å²) in [6.45, 7) is 10.4. The molecule has 1 aliphatic rings. The minimum atomic E-state index is 0.427. The van der Waals surface area contributed by atoms with Crippen LogP contribution in [0.5, 0.6) is 0 Å². The van der Waals surface area contributed by atoms with Crippen molar-refractivity contribution < 1.29 is 0 Å². The highest BCUT2D eigenvalue weighted by molar-refractivity contribution is 7.80. The number of nitrogens with zero attached hydrogens (tertiary/aromatic N) is 1. The van der Waals surface area contributed by atoms with Gasteiger partial charge in [0.15, 0.2) is 0 Å². The van der Waals surface area contributed by atoms with Crippen molar-refractivity contribution in [1.82, 2.24) is 4.90 Å². The van der Waals surface area contributed by atoms with Crippen LogP contribution >= 0.6 is 12.2 Å². The van der Waals surface area contributed by atoms with E-state index in [-0.39, 0.29) is 0 Å². The van der Waals surface area contributed by atoms with E-state index in [0.717, 1.165) is 6.54 Å². The van der Waals surface area contributed by atoms with Crippen molar-refractivity contribution in [3.63, 3.8) is 0 Å². The van der Waals surface area contributed by atoms with Gasteiger partial charge in [-0.05, 0) is 37.8 Å². The molecule has 15 heavy (non-hydrogen) atoms. The number of rotatable bonds is 3. The van der Waals surface area contributed by atoms with Gasteiger partial charge >= 0.3 is 0 Å². The molecule has 2 nitrogen and oxygen atoms in total. The van der Waals surface area contributed by atoms with Gasteiger partial charge in [0.2, 0.25) is 0 Å². The first-order valence-corrected chi connectivity index (χ1v) is 6.31. The van der Waals surface area contributed by atoms with Crippen molar-refractivity contribution >= 4 is 17.2 Å². The number of hydrogen-bond acceptors (Lipinski definition) is 2. The zero-order valence-corrected chi connectivity index (χ0v) is 11.1. The Balaban J connectivity index is 2.34. The third-order valence-corrected chi connectivity index (χ3v) is 3.42. The van der Waals surface area contributed by atoms with E-state index in [1.807, 2.05) is 0 Å². The molecule has 0 amide bonds. The van der Waals surface area contributed by atoms with Crippen LogP contribution in [0.25, 0.3) is 0 Å². The van der Waals surface area contributed by atoms with Gasteiger partial charge in [0.25, 0.3) is 0 Å². The molecule has 1 unspecified atom stereocenters. The van der Waals surface area contributed by atoms with Crippen LogP contribution in [0.2, 0.25) is 0 Å². The zero-order chi connectivity index (χ0) is 11.5. The first-order chi connectivity index (χ1) is 6.88. The lowest BCUT2D eigenvalue weighted by atomic mass is 9.91. The average molecular weight is 228 g/mol. The van der Waals surface area contributed by atoms with Crippen molar-refractivity contribution in [2.75, 3.05) is 19.6 Å². The van der Waals surface area contributed by atoms with E-state index in [1.165, 1.54) is 32.4 Å². The molecule has 0 aromatic heterocycles. The number of piperidine rings is 1. The van der Waals surface area contributed by atoms with Crippen LogP contribution in [-0.4, -0.2) is 29.5 Å². The third kappa shape index (κ3) is 4.94. The molecule has 0 aromatic carbocycles. The molecule has 0 saturated carbocycles. The molecule has 1 saturated heterocycles. The number of thiocarbonyl (C=S) groups is 1. The molecular weight excluding hydrogens is 204 g/mol. The van der Waals surface area contributed by atoms with Gasteiger partial charge in [-0.15, -0.1) is 0 Å². The van der Waals surface area contributed by atoms with Crippen LogP contribution in [-0.2, 0) is 0 Å². The Morgan fingerprint density at radius 3 is 2.67 bits per heavy atom. The van der Waals surface area contributed by atoms with E-state index in [0.29, 0.717) is 16.3 Å². The lowest BCUT2D eigenvalue weighted by molar-refractivity contribution is 0.178. The van der Waals surface area contributed by atoms with Crippen LogP contribution in [0, 0.1) is 11.3 Å². The number of hydrogen-bond donors (Lipinski definition) is 1. The molecule has 0 radical (unpaired) electrons. The lowest BCUT2D eigenvalue weighted by Gasteiger charge is -2.33. The van der Waals surface area contributed by atoms with Gasteiger partial charge in [0.1, 0.15) is 0 Å². The lowest BCUT2D eigenvalue weighted by Crippen LogP contribution is -2.41. The van der Waals surface area contributed by atoms with E-state index in [2.05, 4.69) is 25.7 Å². The maximum Gasteiger partial charge on any atom is 0.0771 e. The normalized spacial score (nSPS) is 24.1. The topological polar surface area (TPSA) is 29.3 Å². The highest BCUT2D eigenvalue weighted by atomic mass is 32.1. The summed E-state index contributed by atoms with van der Waals surface area (Å²) in [6, 6.07) is 0. The summed E-state index contributed by atoms with van der Waals surface area (Å²) in [5.41, 5.74) is 6.14. The van der Waals surface area contributed by atoms with E-state index in [1.54, 1.807) is 0 Å². The van der Waals surface area contributed by atoms with Crippen LogP contribution in [0.15, 0.2) is 0 Å². The zero-order valence-electron chi connectivity index (χ0n) is 10.3. The second-order valence-corrected chi connectivity index (χ2v) is 6.32. The van der Waals surface area contributed by atoms with E-state index < -0.39 is 0 Å². The van der Waals surface area contributed by atoms with Crippen molar-refractivity contribution in [1.29, 1.82) is 0 Å². The van der Waals surface area contributed by atoms with E-state index in [4.69, 9.17) is 18.0 Å². The van der Waals surface area contributed by atoms with Gasteiger partial charge in [0.05, 0.1) is 4.99 Å². The molecule has 1 rings (SSSR count). The molecule has 0 spiro atoms. The predicted octanol–water partition coefficient (Wildman–Crippen LogP) is 2.42. The molecule has 0 aromatic rings. The molecular formula is C12H24N2S. The van der Waals surface area contributed by atoms with Crippen molar-refractivity contribution in [3.8, 4) is 0 Å². The standard InChI is InChI=1S/C12H24N2S/c1-12(2,3)6-8-14-7-4-5-10(9-14)11(13)15/h10H,4-9H2,1-3H3,(H2,13,15). The van der Waals surface area contributed by atoms with Crippen molar-refractivity contribution in [3.05, 3.63) is 0 Å². The van der Waals surface area contributed by atoms with E-state index in [9.17, 15) is 0 Å². The average Bonchev–Trinajstić information content (AvgIpc) is 2.14. The van der Waals surface area contributed by atoms with Crippen LogP contribution in [0.1, 0.15) is 40.0 Å². The van der Waals surface area contributed by atoms with Crippen LogP contribution < -0.4 is 5.73 Å². The van der Waals surface area contributed by atoms with Gasteiger partial charge in [-0.3, -0.25) is 0 Å². The molecule has 1 aliphatic heterocycles. The molecule has 2 N–H and O–H groups in total. The highest BCUT2D eigenvalue weighted by Crippen LogP contribution is 2.22. The van der Waals surface area contributed by atoms with E-state index >= 15 is 0 Å². The minimum absolute atomic E-state index is 0.427. The van der Waals surface area contributed by atoms with Gasteiger partial charge < -0.3 is 10.6 Å². The van der Waals surface area contributed by atoms with Gasteiger partial charge in [-0.1, -0.05) is 33.0 Å². The Hall–Kier alpha value is -0.150. The molecule has 1 atom stereocenters. The maximum atomic E-state index is 5.72. The second-order valence-electron chi connectivity index (χ2n) is 5.85. The summed E-state index contributed by atoms with van der Waals surface area (Å²) in [6.07, 6.45) is 3.67. The third-order valence-electron chi connectivity index (χ3n) is 3.09. The van der Waals surface area contributed by atoms with Gasteiger partial charge in [-0.2, -0.15) is 0 Å². The Bertz CT molecular complexity index is 220. The molecule has 88 valence electrons. The summed E-state index contributed by atoms with van der Waals surface area (Å²) in [5.74, 6) is 0.453. The summed E-state index contributed by atoms with van der Waals surface area (Å²) in [5, 5.41) is 0. The molecule has 0 aliphatic carbocycles. The Morgan fingerprint density at radius 1 is 1.47 bits per heavy atom. The Kier molecular flexibility index (Phi) is 4.53. The largest absolute Gasteiger partial charge is 0.393 e. The Morgan fingerprint density at radius 2 is 2.13 bits per heavy atom. The number of likely N-dealkylation sites (tertiary alicyclic amines) is 1. The highest BCUT2D eigenvalue weighted by Gasteiger charge is 2.22. The fourth-order valence-corrected chi connectivity index (χ4v) is 2.18. The first kappa shape index (κ1) is 12.9. The SMILES string of the molecule is CC(C)(C)CCN1CCCC(C(N)=S)C1. The smallest absolute Gasteiger partial charge is 0.0771 e. The summed E-state index contributed by atoms with van der Waals surface area (Å²) in [4.78, 5) is 3.22. The molecule has 0 bridgehead atoms. The molecule has 1 fully saturated rings. The fourth-order valence-electron chi connectivity index (χ4n) is 1.98. The first-order valence-electron chi connectivity index (χ1n) is 5.90. The summed E-state index contributed by atoms with van der Waals surface area (Å²) in [7, 11) is 0.